The van der Waals surface area contributed by atoms with Gasteiger partial charge in [0, 0.05) is 29.4 Å². The smallest absolute Gasteiger partial charge is 0.264 e. The minimum atomic E-state index is -3.39. The first-order chi connectivity index (χ1) is 14.4. The van der Waals surface area contributed by atoms with Gasteiger partial charge in [-0.15, -0.1) is 0 Å². The van der Waals surface area contributed by atoms with Crippen molar-refractivity contribution in [2.24, 2.45) is 0 Å². The molecule has 0 aromatic heterocycles. The summed E-state index contributed by atoms with van der Waals surface area (Å²) in [6.45, 7) is 3.51. The predicted molar refractivity (Wildman–Crippen MR) is 119 cm³/mol. The highest BCUT2D eigenvalue weighted by Gasteiger charge is 2.25. The van der Waals surface area contributed by atoms with Gasteiger partial charge in [-0.3, -0.25) is 4.18 Å². The van der Waals surface area contributed by atoms with E-state index in [-0.39, 0.29) is 6.10 Å². The Morgan fingerprint density at radius 2 is 1.83 bits per heavy atom. The van der Waals surface area contributed by atoms with Crippen LogP contribution in [0.5, 0.6) is 0 Å². The molecule has 0 aliphatic carbocycles. The summed E-state index contributed by atoms with van der Waals surface area (Å²) in [6.07, 6.45) is 3.38. The molecule has 2 aliphatic rings. The van der Waals surface area contributed by atoms with Crippen LogP contribution in [-0.2, 0) is 14.3 Å². The zero-order valence-electron chi connectivity index (χ0n) is 17.0. The van der Waals surface area contributed by atoms with E-state index in [9.17, 15) is 13.7 Å². The third-order valence-corrected chi connectivity index (χ3v) is 7.21. The van der Waals surface area contributed by atoms with Crippen LogP contribution in [0.1, 0.15) is 24.8 Å². The van der Waals surface area contributed by atoms with Crippen molar-refractivity contribution in [2.45, 2.75) is 35.2 Å². The summed E-state index contributed by atoms with van der Waals surface area (Å²) >= 11 is 1.75. The van der Waals surface area contributed by atoms with Gasteiger partial charge >= 0.3 is 0 Å². The molecule has 1 fully saturated rings. The Labute approximate surface area is 182 Å². The number of piperidine rings is 1. The van der Waals surface area contributed by atoms with Gasteiger partial charge in [0.15, 0.2) is 0 Å². The average Bonchev–Trinajstić information content (AvgIpc) is 2.73. The lowest BCUT2D eigenvalue weighted by Crippen LogP contribution is -2.39. The van der Waals surface area contributed by atoms with Crippen molar-refractivity contribution in [1.29, 1.82) is 5.26 Å². The fraction of sp³-hybridized carbons (Fsp3) is 0.409. The fourth-order valence-electron chi connectivity index (χ4n) is 4.07. The third kappa shape index (κ3) is 4.98. The van der Waals surface area contributed by atoms with Gasteiger partial charge in [0.25, 0.3) is 10.1 Å². The number of nitrogens with zero attached hydrogens (tertiary/aromatic N) is 3. The van der Waals surface area contributed by atoms with Crippen molar-refractivity contribution in [3.05, 3.63) is 48.0 Å². The lowest BCUT2D eigenvalue weighted by molar-refractivity contribution is 0.106. The lowest BCUT2D eigenvalue weighted by atomic mass is 10.1. The van der Waals surface area contributed by atoms with Gasteiger partial charge in [-0.25, -0.2) is 0 Å². The summed E-state index contributed by atoms with van der Waals surface area (Å²) in [5, 5.41) is 9.33. The number of anilines is 2. The number of benzene rings is 2. The van der Waals surface area contributed by atoms with Gasteiger partial charge in [-0.05, 0) is 56.1 Å². The number of fused-ring (bicyclic) bond motifs is 2. The van der Waals surface area contributed by atoms with Crippen LogP contribution >= 0.6 is 11.8 Å². The number of hydrogen-bond donors (Lipinski definition) is 0. The molecule has 2 heterocycles. The monoisotopic (exact) mass is 443 g/mol. The summed E-state index contributed by atoms with van der Waals surface area (Å²) < 4.78 is 27.8. The van der Waals surface area contributed by atoms with Crippen molar-refractivity contribution in [3.8, 4) is 6.07 Å². The Hall–Kier alpha value is -2.05. The Morgan fingerprint density at radius 1 is 1.10 bits per heavy atom. The van der Waals surface area contributed by atoms with Gasteiger partial charge in [-0.2, -0.15) is 13.7 Å². The zero-order chi connectivity index (χ0) is 21.1. The highest BCUT2D eigenvalue weighted by atomic mass is 32.2. The Kier molecular flexibility index (Phi) is 6.34. The second kappa shape index (κ2) is 8.98. The second-order valence-electron chi connectivity index (χ2n) is 7.71. The molecular formula is C22H25N3O3S2. The number of nitriles is 1. The lowest BCUT2D eigenvalue weighted by Gasteiger charge is -2.35. The van der Waals surface area contributed by atoms with Gasteiger partial charge in [0.1, 0.15) is 0 Å². The first kappa shape index (κ1) is 21.2. The van der Waals surface area contributed by atoms with E-state index in [1.165, 1.54) is 15.5 Å². The van der Waals surface area contributed by atoms with Crippen molar-refractivity contribution in [2.75, 3.05) is 37.3 Å². The largest absolute Gasteiger partial charge is 0.340 e. The molecule has 2 aliphatic heterocycles. The molecule has 0 unspecified atom stereocenters. The summed E-state index contributed by atoms with van der Waals surface area (Å²) in [7, 11) is -3.39. The molecule has 6 nitrogen and oxygen atoms in total. The van der Waals surface area contributed by atoms with E-state index in [1.54, 1.807) is 11.8 Å². The fourth-order valence-corrected chi connectivity index (χ4v) is 5.83. The minimum Gasteiger partial charge on any atom is -0.340 e. The molecule has 2 aromatic carbocycles. The summed E-state index contributed by atoms with van der Waals surface area (Å²) in [5.74, 6) is 0. The SMILES string of the molecule is CS(=O)(=O)OC1CCN(CCCN2c3ccccc3Sc3ccc(C#N)cc32)CC1. The maximum absolute atomic E-state index is 11.3. The normalized spacial score (nSPS) is 17.3. The number of rotatable bonds is 6. The van der Waals surface area contributed by atoms with Crippen molar-refractivity contribution >= 4 is 33.3 Å². The molecule has 0 radical (unpaired) electrons. The van der Waals surface area contributed by atoms with Crippen LogP contribution in [0, 0.1) is 11.3 Å². The summed E-state index contributed by atoms with van der Waals surface area (Å²) in [5.41, 5.74) is 2.95. The van der Waals surface area contributed by atoms with Crippen LogP contribution in [0.15, 0.2) is 52.3 Å². The molecule has 0 bridgehead atoms. The van der Waals surface area contributed by atoms with E-state index < -0.39 is 10.1 Å². The molecule has 1 saturated heterocycles. The molecule has 158 valence electrons. The van der Waals surface area contributed by atoms with Crippen molar-refractivity contribution < 1.29 is 12.6 Å². The second-order valence-corrected chi connectivity index (χ2v) is 10.4. The molecule has 0 saturated carbocycles. The number of para-hydroxylation sites is 1. The molecule has 0 N–H and O–H groups in total. The molecule has 0 amide bonds. The van der Waals surface area contributed by atoms with E-state index in [2.05, 4.69) is 40.1 Å². The van der Waals surface area contributed by atoms with E-state index in [1.807, 2.05) is 18.2 Å². The molecule has 0 atom stereocenters. The van der Waals surface area contributed by atoms with E-state index >= 15 is 0 Å². The van der Waals surface area contributed by atoms with Gasteiger partial charge in [0.05, 0.1) is 35.4 Å². The van der Waals surface area contributed by atoms with E-state index in [0.717, 1.165) is 57.4 Å². The van der Waals surface area contributed by atoms with Gasteiger partial charge in [0.2, 0.25) is 0 Å². The molecule has 2 aromatic rings. The Balaban J connectivity index is 1.40. The average molecular weight is 444 g/mol. The summed E-state index contributed by atoms with van der Waals surface area (Å²) in [6, 6.07) is 16.5. The van der Waals surface area contributed by atoms with Crippen LogP contribution in [0.25, 0.3) is 0 Å². The van der Waals surface area contributed by atoms with Gasteiger partial charge in [-0.1, -0.05) is 23.9 Å². The van der Waals surface area contributed by atoms with Crippen LogP contribution < -0.4 is 4.90 Å². The highest BCUT2D eigenvalue weighted by Crippen LogP contribution is 2.48. The standard InChI is InChI=1S/C22H25N3O3S2/c1-30(26,27)28-18-9-13-24(14-10-18)11-4-12-25-19-5-2-3-6-21(19)29-22-8-7-17(16-23)15-20(22)25/h2-3,5-8,15,18H,4,9-14H2,1H3. The topological polar surface area (TPSA) is 73.6 Å². The molecule has 0 spiro atoms. The maximum atomic E-state index is 11.3. The van der Waals surface area contributed by atoms with Crippen LogP contribution in [-0.4, -0.2) is 51.9 Å². The highest BCUT2D eigenvalue weighted by molar-refractivity contribution is 7.99. The number of likely N-dealkylation sites (tertiary alicyclic amines) is 1. The quantitative estimate of drug-likeness (QED) is 0.625. The first-order valence-electron chi connectivity index (χ1n) is 10.1. The maximum Gasteiger partial charge on any atom is 0.264 e. The van der Waals surface area contributed by atoms with Crippen molar-refractivity contribution in [3.63, 3.8) is 0 Å². The van der Waals surface area contributed by atoms with E-state index in [4.69, 9.17) is 4.18 Å². The Bertz CT molecular complexity index is 1060. The zero-order valence-corrected chi connectivity index (χ0v) is 18.6. The van der Waals surface area contributed by atoms with Crippen LogP contribution in [0.4, 0.5) is 11.4 Å². The van der Waals surface area contributed by atoms with Crippen molar-refractivity contribution in [1.82, 2.24) is 4.90 Å². The van der Waals surface area contributed by atoms with Crippen LogP contribution in [0.2, 0.25) is 0 Å². The number of hydrogen-bond acceptors (Lipinski definition) is 7. The van der Waals surface area contributed by atoms with Gasteiger partial charge < -0.3 is 9.80 Å². The summed E-state index contributed by atoms with van der Waals surface area (Å²) in [4.78, 5) is 7.10. The molecule has 8 heteroatoms. The predicted octanol–water partition coefficient (Wildman–Crippen LogP) is 3.99. The molecule has 4 rings (SSSR count). The van der Waals surface area contributed by atoms with E-state index in [0.29, 0.717) is 5.56 Å². The first-order valence-corrected chi connectivity index (χ1v) is 12.8. The molecular weight excluding hydrogens is 418 g/mol. The third-order valence-electron chi connectivity index (χ3n) is 5.46. The minimum absolute atomic E-state index is 0.196. The van der Waals surface area contributed by atoms with Crippen LogP contribution in [0.3, 0.4) is 0 Å². The Morgan fingerprint density at radius 3 is 2.57 bits per heavy atom. The molecule has 30 heavy (non-hydrogen) atoms.